The van der Waals surface area contributed by atoms with Crippen molar-refractivity contribution < 1.29 is 18.5 Å². The highest BCUT2D eigenvalue weighted by molar-refractivity contribution is 7.46. The zero-order valence-electron chi connectivity index (χ0n) is 20.5. The van der Waals surface area contributed by atoms with Crippen molar-refractivity contribution in [1.29, 1.82) is 0 Å². The van der Waals surface area contributed by atoms with Crippen molar-refractivity contribution >= 4 is 7.82 Å². The summed E-state index contributed by atoms with van der Waals surface area (Å²) in [5.41, 5.74) is 3.99. The summed E-state index contributed by atoms with van der Waals surface area (Å²) in [6, 6.07) is 34.4. The Morgan fingerprint density at radius 3 is 1.11 bits per heavy atom. The van der Waals surface area contributed by atoms with E-state index in [4.69, 9.17) is 9.05 Å². The lowest BCUT2D eigenvalue weighted by Gasteiger charge is -2.28. The van der Waals surface area contributed by atoms with E-state index in [-0.39, 0.29) is 22.3 Å². The fourth-order valence-corrected chi connectivity index (χ4v) is 4.98. The molecule has 0 unspecified atom stereocenters. The minimum absolute atomic E-state index is 0.206. The van der Waals surface area contributed by atoms with E-state index in [2.05, 4.69) is 52.0 Å². The summed E-state index contributed by atoms with van der Waals surface area (Å²) >= 11 is 0. The SMILES string of the molecule is CC(C)(c1ccccc1)c1ccc(OP(=O)([O-])Oc2ccc(C(C)(C)c3ccccc3)cc2)cc1. The molecule has 4 rings (SSSR count). The lowest BCUT2D eigenvalue weighted by molar-refractivity contribution is -0.208. The molecule has 0 aromatic heterocycles. The van der Waals surface area contributed by atoms with Crippen LogP contribution in [0.1, 0.15) is 49.9 Å². The number of rotatable bonds is 8. The maximum atomic E-state index is 12.6. The van der Waals surface area contributed by atoms with E-state index in [0.29, 0.717) is 0 Å². The Hall–Kier alpha value is -3.33. The fourth-order valence-electron chi connectivity index (χ4n) is 4.18. The molecule has 0 radical (unpaired) electrons. The van der Waals surface area contributed by atoms with Gasteiger partial charge in [-0.3, -0.25) is 0 Å². The van der Waals surface area contributed by atoms with Gasteiger partial charge in [0.15, 0.2) is 0 Å². The molecule has 0 atom stereocenters. The smallest absolute Gasteiger partial charge is 0.372 e. The van der Waals surface area contributed by atoms with Gasteiger partial charge in [-0.05, 0) is 46.5 Å². The highest BCUT2D eigenvalue weighted by Gasteiger charge is 2.24. The first-order chi connectivity index (χ1) is 16.6. The van der Waals surface area contributed by atoms with Crippen LogP contribution in [0.4, 0.5) is 0 Å². The van der Waals surface area contributed by atoms with Crippen molar-refractivity contribution in [3.05, 3.63) is 131 Å². The molecule has 0 bridgehead atoms. The Kier molecular flexibility index (Phi) is 6.89. The Morgan fingerprint density at radius 1 is 0.514 bits per heavy atom. The second kappa shape index (κ2) is 9.73. The summed E-state index contributed by atoms with van der Waals surface area (Å²) < 4.78 is 23.0. The minimum atomic E-state index is -4.61. The van der Waals surface area contributed by atoms with Gasteiger partial charge < -0.3 is 13.9 Å². The zero-order chi connectivity index (χ0) is 25.1. The van der Waals surface area contributed by atoms with E-state index < -0.39 is 7.82 Å². The van der Waals surface area contributed by atoms with Crippen LogP contribution in [0.25, 0.3) is 0 Å². The number of phosphoric ester groups is 1. The standard InChI is InChI=1S/C30H31O4P/c1-29(2,23-11-7-5-8-12-23)25-15-19-27(20-16-25)33-35(31,32)34-28-21-17-26(18-22-28)30(3,4)24-13-9-6-10-14-24/h5-22H,1-4H3,(H,31,32)/p-1. The van der Waals surface area contributed by atoms with E-state index in [1.165, 1.54) is 11.1 Å². The predicted octanol–water partition coefficient (Wildman–Crippen LogP) is 7.26. The van der Waals surface area contributed by atoms with Gasteiger partial charge in [0, 0.05) is 10.8 Å². The van der Waals surface area contributed by atoms with Gasteiger partial charge in [0.2, 0.25) is 0 Å². The Labute approximate surface area is 207 Å². The first-order valence-electron chi connectivity index (χ1n) is 11.6. The third kappa shape index (κ3) is 5.67. The van der Waals surface area contributed by atoms with Crippen LogP contribution in [0.15, 0.2) is 109 Å². The Bertz CT molecular complexity index is 1200. The summed E-state index contributed by atoms with van der Waals surface area (Å²) in [6.45, 7) is 8.51. The van der Waals surface area contributed by atoms with Gasteiger partial charge >= 0.3 is 7.82 Å². The average molecular weight is 486 g/mol. The monoisotopic (exact) mass is 485 g/mol. The molecule has 0 saturated heterocycles. The van der Waals surface area contributed by atoms with Crippen molar-refractivity contribution in [2.75, 3.05) is 0 Å². The summed E-state index contributed by atoms with van der Waals surface area (Å²) in [6.07, 6.45) is 0. The molecular weight excluding hydrogens is 455 g/mol. The van der Waals surface area contributed by atoms with Crippen molar-refractivity contribution in [2.45, 2.75) is 38.5 Å². The molecule has 0 heterocycles. The maximum absolute atomic E-state index is 12.6. The second-order valence-corrected chi connectivity index (χ2v) is 10.9. The van der Waals surface area contributed by atoms with Gasteiger partial charge in [-0.2, -0.15) is 0 Å². The van der Waals surface area contributed by atoms with Crippen LogP contribution in [0.2, 0.25) is 0 Å². The summed E-state index contributed by atoms with van der Waals surface area (Å²) in [7, 11) is -4.61. The molecule has 0 aliphatic rings. The van der Waals surface area contributed by atoms with E-state index in [0.717, 1.165) is 11.1 Å². The van der Waals surface area contributed by atoms with Crippen LogP contribution in [-0.2, 0) is 15.4 Å². The van der Waals surface area contributed by atoms with Crippen LogP contribution >= 0.6 is 7.82 Å². The third-order valence-corrected chi connectivity index (χ3v) is 7.45. The van der Waals surface area contributed by atoms with Crippen LogP contribution in [0.3, 0.4) is 0 Å². The largest absolute Gasteiger partial charge is 0.736 e. The van der Waals surface area contributed by atoms with Crippen LogP contribution < -0.4 is 13.9 Å². The number of hydrogen-bond donors (Lipinski definition) is 0. The molecule has 0 aliphatic carbocycles. The summed E-state index contributed by atoms with van der Waals surface area (Å²) in [5.74, 6) is 0.413. The average Bonchev–Trinajstić information content (AvgIpc) is 2.85. The molecule has 35 heavy (non-hydrogen) atoms. The second-order valence-electron chi connectivity index (χ2n) is 9.66. The summed E-state index contributed by atoms with van der Waals surface area (Å²) in [4.78, 5) is 12.6. The highest BCUT2D eigenvalue weighted by atomic mass is 31.2. The molecule has 0 N–H and O–H groups in total. The molecule has 5 heteroatoms. The first-order valence-corrected chi connectivity index (χ1v) is 13.1. The predicted molar refractivity (Wildman–Crippen MR) is 139 cm³/mol. The molecule has 0 saturated carbocycles. The molecule has 0 amide bonds. The van der Waals surface area contributed by atoms with Crippen LogP contribution in [0, 0.1) is 0 Å². The number of benzene rings is 4. The molecule has 0 spiro atoms. The summed E-state index contributed by atoms with van der Waals surface area (Å²) in [5, 5.41) is 0. The molecule has 0 fully saturated rings. The van der Waals surface area contributed by atoms with E-state index in [1.54, 1.807) is 24.3 Å². The van der Waals surface area contributed by atoms with E-state index in [9.17, 15) is 9.46 Å². The quantitative estimate of drug-likeness (QED) is 0.246. The topological polar surface area (TPSA) is 58.6 Å². The van der Waals surface area contributed by atoms with E-state index >= 15 is 0 Å². The minimum Gasteiger partial charge on any atom is -0.736 e. The van der Waals surface area contributed by atoms with Gasteiger partial charge in [-0.15, -0.1) is 0 Å². The first kappa shape index (κ1) is 24.8. The van der Waals surface area contributed by atoms with Crippen molar-refractivity contribution in [3.8, 4) is 11.5 Å². The van der Waals surface area contributed by atoms with Gasteiger partial charge in [-0.25, -0.2) is 4.57 Å². The van der Waals surface area contributed by atoms with Gasteiger partial charge in [-0.1, -0.05) is 113 Å². The maximum Gasteiger partial charge on any atom is 0.372 e. The van der Waals surface area contributed by atoms with Gasteiger partial charge in [0.05, 0.1) is 0 Å². The van der Waals surface area contributed by atoms with Gasteiger partial charge in [0.1, 0.15) is 11.5 Å². The van der Waals surface area contributed by atoms with Gasteiger partial charge in [0.25, 0.3) is 0 Å². The van der Waals surface area contributed by atoms with Crippen molar-refractivity contribution in [3.63, 3.8) is 0 Å². The lowest BCUT2D eigenvalue weighted by Crippen LogP contribution is -2.19. The van der Waals surface area contributed by atoms with Crippen LogP contribution in [-0.4, -0.2) is 0 Å². The molecule has 4 aromatic carbocycles. The number of hydrogen-bond acceptors (Lipinski definition) is 4. The Balaban J connectivity index is 1.44. The number of phosphoric acid groups is 1. The van der Waals surface area contributed by atoms with E-state index in [1.807, 2.05) is 60.7 Å². The molecule has 180 valence electrons. The highest BCUT2D eigenvalue weighted by Crippen LogP contribution is 2.42. The molecular formula is C30H30O4P-. The third-order valence-electron chi connectivity index (χ3n) is 6.58. The lowest BCUT2D eigenvalue weighted by atomic mass is 9.78. The van der Waals surface area contributed by atoms with Crippen molar-refractivity contribution in [1.82, 2.24) is 0 Å². The molecule has 4 aromatic rings. The fraction of sp³-hybridized carbons (Fsp3) is 0.200. The van der Waals surface area contributed by atoms with Crippen LogP contribution in [0.5, 0.6) is 11.5 Å². The van der Waals surface area contributed by atoms with Crippen molar-refractivity contribution in [2.24, 2.45) is 0 Å². The Morgan fingerprint density at radius 2 is 0.800 bits per heavy atom. The zero-order valence-corrected chi connectivity index (χ0v) is 21.4. The molecule has 4 nitrogen and oxygen atoms in total. The molecule has 0 aliphatic heterocycles. The normalized spacial score (nSPS) is 12.3.